The number of carbonyl (C=O) groups is 2. The molecule has 166 valence electrons. The van der Waals surface area contributed by atoms with E-state index in [1.807, 2.05) is 0 Å². The number of anilines is 1. The van der Waals surface area contributed by atoms with Crippen LogP contribution in [-0.4, -0.2) is 46.8 Å². The smallest absolute Gasteiger partial charge is 0.417 e. The maximum Gasteiger partial charge on any atom is 0.417 e. The van der Waals surface area contributed by atoms with Gasteiger partial charge in [-0.3, -0.25) is 19.6 Å². The van der Waals surface area contributed by atoms with E-state index in [1.54, 1.807) is 12.1 Å². The zero-order valence-electron chi connectivity index (χ0n) is 16.9. The summed E-state index contributed by atoms with van der Waals surface area (Å²) in [6.07, 6.45) is -3.62. The Kier molecular flexibility index (Phi) is 5.90. The van der Waals surface area contributed by atoms with Crippen molar-refractivity contribution in [1.29, 1.82) is 0 Å². The molecule has 4 atom stereocenters. The largest absolute Gasteiger partial charge is 0.495 e. The number of aromatic nitrogens is 2. The molecule has 3 rings (SSSR count). The molecule has 31 heavy (non-hydrogen) atoms. The van der Waals surface area contributed by atoms with Gasteiger partial charge in [0.05, 0.1) is 12.8 Å². The van der Waals surface area contributed by atoms with Gasteiger partial charge in [-0.1, -0.05) is 6.92 Å². The Morgan fingerprint density at radius 3 is 2.58 bits per heavy atom. The third-order valence-electron chi connectivity index (χ3n) is 5.54. The monoisotopic (exact) mass is 438 g/mol. The molecule has 0 spiro atoms. The first-order valence-corrected chi connectivity index (χ1v) is 9.29. The van der Waals surface area contributed by atoms with E-state index in [2.05, 4.69) is 15.3 Å². The average molecular weight is 438 g/mol. The van der Waals surface area contributed by atoms with Gasteiger partial charge < -0.3 is 20.5 Å². The van der Waals surface area contributed by atoms with Gasteiger partial charge in [0.15, 0.2) is 5.60 Å². The van der Waals surface area contributed by atoms with Crippen molar-refractivity contribution in [3.05, 3.63) is 48.0 Å². The number of amides is 2. The minimum atomic E-state index is -4.74. The summed E-state index contributed by atoms with van der Waals surface area (Å²) in [5.74, 6) is -3.63. The highest BCUT2D eigenvalue weighted by molar-refractivity contribution is 5.97. The molecule has 8 nitrogen and oxygen atoms in total. The highest BCUT2D eigenvalue weighted by Crippen LogP contribution is 2.54. The van der Waals surface area contributed by atoms with Crippen LogP contribution in [0.4, 0.5) is 18.9 Å². The van der Waals surface area contributed by atoms with Crippen molar-refractivity contribution in [2.45, 2.75) is 37.6 Å². The summed E-state index contributed by atoms with van der Waals surface area (Å²) in [6.45, 7) is 2.27. The fourth-order valence-corrected chi connectivity index (χ4v) is 3.65. The molecular formula is C20H21F3N4O4. The molecule has 3 N–H and O–H groups in total. The van der Waals surface area contributed by atoms with Crippen molar-refractivity contribution in [3.63, 3.8) is 0 Å². The van der Waals surface area contributed by atoms with Gasteiger partial charge in [-0.05, 0) is 31.2 Å². The van der Waals surface area contributed by atoms with Gasteiger partial charge in [0.1, 0.15) is 17.5 Å². The van der Waals surface area contributed by atoms with Gasteiger partial charge in [-0.2, -0.15) is 13.2 Å². The van der Waals surface area contributed by atoms with Gasteiger partial charge in [0.25, 0.3) is 11.8 Å². The van der Waals surface area contributed by atoms with E-state index in [9.17, 15) is 22.8 Å². The van der Waals surface area contributed by atoms with Gasteiger partial charge in [0, 0.05) is 29.9 Å². The van der Waals surface area contributed by atoms with Crippen LogP contribution in [0.15, 0.2) is 36.7 Å². The molecule has 2 amide bonds. The average Bonchev–Trinajstić information content (AvgIpc) is 3.00. The Labute approximate surface area is 176 Å². The van der Waals surface area contributed by atoms with Gasteiger partial charge in [-0.15, -0.1) is 0 Å². The number of halogens is 3. The van der Waals surface area contributed by atoms with Gasteiger partial charge in [-0.25, -0.2) is 0 Å². The molecule has 0 aromatic carbocycles. The Morgan fingerprint density at radius 2 is 1.97 bits per heavy atom. The Morgan fingerprint density at radius 1 is 1.26 bits per heavy atom. The number of methoxy groups -OCH3 is 1. The second kappa shape index (κ2) is 8.14. The van der Waals surface area contributed by atoms with E-state index in [4.69, 9.17) is 15.2 Å². The number of nitrogens with one attached hydrogen (secondary N) is 1. The first-order chi connectivity index (χ1) is 14.5. The van der Waals surface area contributed by atoms with Crippen LogP contribution in [0, 0.1) is 5.92 Å². The number of hydrogen-bond acceptors (Lipinski definition) is 6. The minimum absolute atomic E-state index is 0.110. The van der Waals surface area contributed by atoms with Crippen molar-refractivity contribution < 1.29 is 32.2 Å². The fourth-order valence-electron chi connectivity index (χ4n) is 3.65. The van der Waals surface area contributed by atoms with Crippen LogP contribution in [-0.2, 0) is 9.53 Å². The van der Waals surface area contributed by atoms with E-state index in [0.29, 0.717) is 0 Å². The molecular weight excluding hydrogens is 417 g/mol. The minimum Gasteiger partial charge on any atom is -0.495 e. The van der Waals surface area contributed by atoms with Crippen LogP contribution in [0.1, 0.15) is 35.9 Å². The molecule has 2 aromatic rings. The number of alkyl halides is 3. The summed E-state index contributed by atoms with van der Waals surface area (Å²) in [5.41, 5.74) is 2.79. The first-order valence-electron chi connectivity index (χ1n) is 9.29. The molecule has 0 unspecified atom stereocenters. The Balaban J connectivity index is 2.01. The molecule has 0 aliphatic carbocycles. The van der Waals surface area contributed by atoms with Crippen LogP contribution in [0.25, 0.3) is 0 Å². The normalized spacial score (nSPS) is 25.8. The summed E-state index contributed by atoms with van der Waals surface area (Å²) in [4.78, 5) is 32.3. The third kappa shape index (κ3) is 4.05. The summed E-state index contributed by atoms with van der Waals surface area (Å²) in [7, 11) is 1.36. The van der Waals surface area contributed by atoms with Crippen LogP contribution < -0.4 is 15.8 Å². The van der Waals surface area contributed by atoms with Gasteiger partial charge in [0.2, 0.25) is 0 Å². The van der Waals surface area contributed by atoms with E-state index in [1.165, 1.54) is 38.6 Å². The Bertz CT molecular complexity index is 1000. The number of pyridine rings is 2. The lowest BCUT2D eigenvalue weighted by Gasteiger charge is -2.31. The van der Waals surface area contributed by atoms with E-state index >= 15 is 0 Å². The number of rotatable bonds is 5. The van der Waals surface area contributed by atoms with Crippen LogP contribution in [0.3, 0.4) is 0 Å². The highest BCUT2D eigenvalue weighted by atomic mass is 19.4. The summed E-state index contributed by atoms with van der Waals surface area (Å²) >= 11 is 0. The maximum atomic E-state index is 13.9. The van der Waals surface area contributed by atoms with Crippen molar-refractivity contribution in [1.82, 2.24) is 9.97 Å². The highest BCUT2D eigenvalue weighted by Gasteiger charge is 2.66. The quantitative estimate of drug-likeness (QED) is 0.742. The lowest BCUT2D eigenvalue weighted by atomic mass is 9.78. The number of primary amides is 1. The number of hydrogen-bond donors (Lipinski definition) is 2. The number of ether oxygens (including phenoxy) is 2. The molecule has 0 radical (unpaired) electrons. The van der Waals surface area contributed by atoms with Crippen molar-refractivity contribution >= 4 is 17.5 Å². The zero-order valence-corrected chi connectivity index (χ0v) is 16.9. The van der Waals surface area contributed by atoms with Crippen molar-refractivity contribution in [3.8, 4) is 5.75 Å². The maximum absolute atomic E-state index is 13.9. The SMILES string of the molecule is COc1cccnc1[C@H]1[C@@H](C(=O)Nc2ccnc(C(N)=O)c2)O[C@](C)(C(F)(F)F)[C@H]1C. The van der Waals surface area contributed by atoms with E-state index < -0.39 is 41.5 Å². The topological polar surface area (TPSA) is 116 Å². The molecule has 2 aromatic heterocycles. The van der Waals surface area contributed by atoms with Gasteiger partial charge >= 0.3 is 6.18 Å². The summed E-state index contributed by atoms with van der Waals surface area (Å²) < 4.78 is 52.3. The summed E-state index contributed by atoms with van der Waals surface area (Å²) in [5, 5.41) is 2.48. The third-order valence-corrected chi connectivity index (χ3v) is 5.54. The second-order valence-electron chi connectivity index (χ2n) is 7.33. The van der Waals surface area contributed by atoms with Crippen LogP contribution in [0.2, 0.25) is 0 Å². The predicted octanol–water partition coefficient (Wildman–Crippen LogP) is 2.66. The molecule has 0 saturated carbocycles. The first kappa shape index (κ1) is 22.5. The molecule has 3 heterocycles. The molecule has 11 heteroatoms. The number of nitrogens with zero attached hydrogens (tertiary/aromatic N) is 2. The van der Waals surface area contributed by atoms with Crippen molar-refractivity contribution in [2.75, 3.05) is 12.4 Å². The van der Waals surface area contributed by atoms with Crippen LogP contribution in [0.5, 0.6) is 5.75 Å². The molecule has 1 fully saturated rings. The number of carbonyl (C=O) groups excluding carboxylic acids is 2. The molecule has 0 bridgehead atoms. The van der Waals surface area contributed by atoms with E-state index in [-0.39, 0.29) is 22.8 Å². The zero-order chi connectivity index (χ0) is 23.0. The molecule has 1 aliphatic rings. The fraction of sp³-hybridized carbons (Fsp3) is 0.400. The van der Waals surface area contributed by atoms with E-state index in [0.717, 1.165) is 6.92 Å². The molecule has 1 saturated heterocycles. The lowest BCUT2D eigenvalue weighted by Crippen LogP contribution is -2.47. The molecule has 1 aliphatic heterocycles. The van der Waals surface area contributed by atoms with Crippen molar-refractivity contribution in [2.24, 2.45) is 11.7 Å². The van der Waals surface area contributed by atoms with Crippen LogP contribution >= 0.6 is 0 Å². The predicted molar refractivity (Wildman–Crippen MR) is 103 cm³/mol. The summed E-state index contributed by atoms with van der Waals surface area (Å²) in [6, 6.07) is 5.72. The Hall–Kier alpha value is -3.21. The number of nitrogens with two attached hydrogens (primary N) is 1. The lowest BCUT2D eigenvalue weighted by molar-refractivity contribution is -0.272. The second-order valence-corrected chi connectivity index (χ2v) is 7.33. The standard InChI is InChI=1S/C20H21F3N4O4/c1-10-14(15-13(30-3)5-4-7-26-15)16(31-19(10,2)20(21,22)23)18(29)27-11-6-8-25-12(9-11)17(24)28/h4-10,14,16H,1-3H3,(H2,24,28)(H,25,27,29)/t10-,14-,16-,19-/m0/s1.